The molecule has 2 heteroatoms. The van der Waals surface area contributed by atoms with E-state index < -0.39 is 0 Å². The average Bonchev–Trinajstić information content (AvgIpc) is 2.32. The lowest BCUT2D eigenvalue weighted by molar-refractivity contribution is 0.154. The van der Waals surface area contributed by atoms with Crippen LogP contribution in [0.3, 0.4) is 0 Å². The monoisotopic (exact) mass is 286 g/mol. The summed E-state index contributed by atoms with van der Waals surface area (Å²) in [5, 5.41) is 0. The number of alkyl halides is 1. The van der Waals surface area contributed by atoms with Crippen molar-refractivity contribution in [2.45, 2.75) is 43.4 Å². The molecule has 1 unspecified atom stereocenters. The largest absolute Gasteiger partial charge is 0.384 e. The third-order valence-electron chi connectivity index (χ3n) is 4.19. The maximum atomic E-state index is 5.22. The van der Waals surface area contributed by atoms with Gasteiger partial charge in [0.25, 0.3) is 0 Å². The molecule has 2 atom stereocenters. The number of hydrogen-bond donors (Lipinski definition) is 0. The molecule has 1 nitrogen and oxygen atoms in total. The molecule has 92 valence electrons. The van der Waals surface area contributed by atoms with Crippen molar-refractivity contribution in [2.75, 3.05) is 13.7 Å². The summed E-state index contributed by atoms with van der Waals surface area (Å²) in [5.74, 6) is 2.48. The molecule has 0 aliphatic heterocycles. The number of rotatable bonds is 3. The van der Waals surface area contributed by atoms with E-state index in [0.717, 1.165) is 23.3 Å². The second-order valence-corrected chi connectivity index (χ2v) is 6.65. The molecule has 1 saturated carbocycles. The zero-order valence-corrected chi connectivity index (χ0v) is 11.8. The second-order valence-electron chi connectivity index (χ2n) is 5.35. The lowest BCUT2D eigenvalue weighted by Crippen LogP contribution is -2.24. The van der Waals surface area contributed by atoms with Crippen LogP contribution in [0, 0.1) is 17.8 Å². The highest BCUT2D eigenvalue weighted by molar-refractivity contribution is 9.09. The van der Waals surface area contributed by atoms with E-state index in [2.05, 4.69) is 28.1 Å². The molecule has 0 bridgehead atoms. The molecule has 0 radical (unpaired) electrons. The van der Waals surface area contributed by atoms with E-state index in [1.165, 1.54) is 38.5 Å². The first-order valence-electron chi connectivity index (χ1n) is 6.61. The maximum Gasteiger partial charge on any atom is 0.0525 e. The van der Waals surface area contributed by atoms with E-state index in [9.17, 15) is 0 Å². The maximum absolute atomic E-state index is 5.22. The van der Waals surface area contributed by atoms with Gasteiger partial charge in [-0.2, -0.15) is 0 Å². The molecular weight excluding hydrogens is 264 g/mol. The minimum absolute atomic E-state index is 0.675. The van der Waals surface area contributed by atoms with Crippen LogP contribution in [-0.4, -0.2) is 18.5 Å². The van der Waals surface area contributed by atoms with Crippen molar-refractivity contribution in [1.82, 2.24) is 0 Å². The van der Waals surface area contributed by atoms with Crippen molar-refractivity contribution in [3.05, 3.63) is 12.2 Å². The molecule has 16 heavy (non-hydrogen) atoms. The summed E-state index contributed by atoms with van der Waals surface area (Å²) in [5.41, 5.74) is 0. The Morgan fingerprint density at radius 1 is 1.06 bits per heavy atom. The Morgan fingerprint density at radius 3 is 2.38 bits per heavy atom. The van der Waals surface area contributed by atoms with Crippen LogP contribution in [-0.2, 0) is 4.74 Å². The minimum Gasteiger partial charge on any atom is -0.384 e. The molecule has 2 aliphatic carbocycles. The topological polar surface area (TPSA) is 9.23 Å². The van der Waals surface area contributed by atoms with Gasteiger partial charge in [-0.25, -0.2) is 0 Å². The molecule has 0 spiro atoms. The van der Waals surface area contributed by atoms with Gasteiger partial charge in [-0.05, 0) is 50.4 Å². The van der Waals surface area contributed by atoms with Crippen molar-refractivity contribution in [1.29, 1.82) is 0 Å². The van der Waals surface area contributed by atoms with E-state index in [1.54, 1.807) is 7.11 Å². The van der Waals surface area contributed by atoms with E-state index >= 15 is 0 Å². The van der Waals surface area contributed by atoms with Crippen molar-refractivity contribution >= 4 is 15.9 Å². The number of methoxy groups -OCH3 is 1. The Labute approximate surface area is 108 Å². The van der Waals surface area contributed by atoms with Crippen molar-refractivity contribution in [3.63, 3.8) is 0 Å². The van der Waals surface area contributed by atoms with Crippen LogP contribution in [0.25, 0.3) is 0 Å². The Morgan fingerprint density at radius 2 is 1.81 bits per heavy atom. The normalized spacial score (nSPS) is 39.9. The zero-order chi connectivity index (χ0) is 11.4. The predicted octanol–water partition coefficient (Wildman–Crippen LogP) is 4.17. The van der Waals surface area contributed by atoms with Crippen LogP contribution >= 0.6 is 15.9 Å². The second kappa shape index (κ2) is 6.20. The average molecular weight is 287 g/mol. The first kappa shape index (κ1) is 12.6. The van der Waals surface area contributed by atoms with Gasteiger partial charge in [-0.15, -0.1) is 0 Å². The summed E-state index contributed by atoms with van der Waals surface area (Å²) in [6.45, 7) is 0.900. The molecule has 0 amide bonds. The van der Waals surface area contributed by atoms with Gasteiger partial charge in [0.15, 0.2) is 0 Å². The molecular formula is C14H23BrO. The van der Waals surface area contributed by atoms with Crippen molar-refractivity contribution in [2.24, 2.45) is 17.8 Å². The summed E-state index contributed by atoms with van der Waals surface area (Å²) in [6, 6.07) is 0. The molecule has 1 fully saturated rings. The fourth-order valence-corrected chi connectivity index (χ4v) is 3.68. The van der Waals surface area contributed by atoms with Gasteiger partial charge in [-0.3, -0.25) is 0 Å². The number of halogens is 1. The molecule has 2 aliphatic rings. The Kier molecular flexibility index (Phi) is 4.90. The predicted molar refractivity (Wildman–Crippen MR) is 71.9 cm³/mol. The highest BCUT2D eigenvalue weighted by Gasteiger charge is 2.27. The van der Waals surface area contributed by atoms with Gasteiger partial charge < -0.3 is 4.74 Å². The van der Waals surface area contributed by atoms with Crippen molar-refractivity contribution < 1.29 is 4.74 Å². The summed E-state index contributed by atoms with van der Waals surface area (Å²) in [6.07, 6.45) is 13.2. The van der Waals surface area contributed by atoms with E-state index in [4.69, 9.17) is 4.74 Å². The van der Waals surface area contributed by atoms with Gasteiger partial charge in [-0.1, -0.05) is 28.1 Å². The molecule has 0 heterocycles. The van der Waals surface area contributed by atoms with E-state index in [-0.39, 0.29) is 0 Å². The number of ether oxygens (including phenoxy) is 1. The van der Waals surface area contributed by atoms with Crippen LogP contribution in [0.15, 0.2) is 12.2 Å². The standard InChI is InChI=1S/C14H23BrO/c1-16-10-11-2-4-12(5-3-11)13-6-8-14(15)9-7-13/h2,4,11-14H,3,5-10H2,1H3/t11-,12?,13?,14?/m1/s1. The van der Waals surface area contributed by atoms with E-state index in [1.807, 2.05) is 0 Å². The number of hydrogen-bond acceptors (Lipinski definition) is 1. The lowest BCUT2D eigenvalue weighted by atomic mass is 9.74. The van der Waals surface area contributed by atoms with Crippen LogP contribution in [0.5, 0.6) is 0 Å². The first-order chi connectivity index (χ1) is 7.79. The van der Waals surface area contributed by atoms with E-state index in [0.29, 0.717) is 5.92 Å². The molecule has 0 aromatic heterocycles. The molecule has 0 aromatic rings. The zero-order valence-electron chi connectivity index (χ0n) is 10.2. The Bertz CT molecular complexity index is 231. The van der Waals surface area contributed by atoms with Crippen LogP contribution in [0.4, 0.5) is 0 Å². The fourth-order valence-electron chi connectivity index (χ4n) is 3.15. The Balaban J connectivity index is 1.81. The smallest absolute Gasteiger partial charge is 0.0525 e. The van der Waals surface area contributed by atoms with Gasteiger partial charge >= 0.3 is 0 Å². The highest BCUT2D eigenvalue weighted by Crippen LogP contribution is 2.38. The lowest BCUT2D eigenvalue weighted by Gasteiger charge is -2.33. The summed E-state index contributed by atoms with van der Waals surface area (Å²) < 4.78 is 5.22. The fraction of sp³-hybridized carbons (Fsp3) is 0.857. The minimum atomic E-state index is 0.675. The first-order valence-corrected chi connectivity index (χ1v) is 7.52. The van der Waals surface area contributed by atoms with Crippen LogP contribution < -0.4 is 0 Å². The molecule has 0 aromatic carbocycles. The Hall–Kier alpha value is 0.180. The SMILES string of the molecule is COC[C@@H]1C=CC(C2CCC(Br)CC2)CC1. The molecule has 2 rings (SSSR count). The molecule has 0 N–H and O–H groups in total. The molecule has 0 saturated heterocycles. The van der Waals surface area contributed by atoms with Gasteiger partial charge in [0, 0.05) is 17.9 Å². The van der Waals surface area contributed by atoms with Crippen LogP contribution in [0.1, 0.15) is 38.5 Å². The van der Waals surface area contributed by atoms with Gasteiger partial charge in [0.05, 0.1) is 6.61 Å². The summed E-state index contributed by atoms with van der Waals surface area (Å²) >= 11 is 3.74. The highest BCUT2D eigenvalue weighted by atomic mass is 79.9. The quantitative estimate of drug-likeness (QED) is 0.559. The van der Waals surface area contributed by atoms with Gasteiger partial charge in [0.2, 0.25) is 0 Å². The third kappa shape index (κ3) is 3.33. The third-order valence-corrected chi connectivity index (χ3v) is 5.10. The number of allylic oxidation sites excluding steroid dienone is 1. The summed E-state index contributed by atoms with van der Waals surface area (Å²) in [7, 11) is 1.80. The summed E-state index contributed by atoms with van der Waals surface area (Å²) in [4.78, 5) is 0.789. The van der Waals surface area contributed by atoms with Crippen LogP contribution in [0.2, 0.25) is 0 Å². The van der Waals surface area contributed by atoms with Gasteiger partial charge in [0.1, 0.15) is 0 Å². The van der Waals surface area contributed by atoms with Crippen molar-refractivity contribution in [3.8, 4) is 0 Å².